The number of aldehydes is 2. The first-order valence-electron chi connectivity index (χ1n) is 15.2. The summed E-state index contributed by atoms with van der Waals surface area (Å²) in [4.78, 5) is 91.0. The standard InChI is InChI=1S/C20H31N3O8.C7H15NO.C2H4O.CH5N/c1-3-12(2)9-16(25)22-14(6-7-17(26)27)20(31)23-8-4-5-15(23)19(30)21-13(11-24)10-18(28)29;1-6(2)4-3-5-7(8)9;1-2-3;1-2/h11-15H,3-10H2,1-2H3,(H,21,30)(H,22,25)(H,26,27)(H,28,29);6H,3-5H2,1-2H3,(H2,8,9);2H,1H3;2H2,1H3. The Morgan fingerprint density at radius 1 is 0.933 bits per heavy atom. The third-order valence-corrected chi connectivity index (χ3v) is 6.44. The summed E-state index contributed by atoms with van der Waals surface area (Å²) in [7, 11) is 1.50. The van der Waals surface area contributed by atoms with Crippen LogP contribution >= 0.6 is 0 Å². The minimum Gasteiger partial charge on any atom is -0.481 e. The summed E-state index contributed by atoms with van der Waals surface area (Å²) < 4.78 is 0. The molecule has 15 heteroatoms. The number of rotatable bonds is 17. The van der Waals surface area contributed by atoms with E-state index in [-0.39, 0.29) is 43.5 Å². The van der Waals surface area contributed by atoms with Crippen LogP contribution in [-0.2, 0) is 38.4 Å². The molecular weight excluding hydrogens is 590 g/mol. The minimum absolute atomic E-state index is 0.0926. The predicted octanol–water partition coefficient (Wildman–Crippen LogP) is 1.000. The van der Waals surface area contributed by atoms with Crippen molar-refractivity contribution in [2.24, 2.45) is 23.3 Å². The van der Waals surface area contributed by atoms with Gasteiger partial charge in [0.25, 0.3) is 0 Å². The number of hydrogen-bond donors (Lipinski definition) is 6. The number of nitrogens with two attached hydrogens (primary N) is 2. The van der Waals surface area contributed by atoms with E-state index in [2.05, 4.69) is 30.2 Å². The third kappa shape index (κ3) is 24.2. The first kappa shape index (κ1) is 45.5. The van der Waals surface area contributed by atoms with Gasteiger partial charge < -0.3 is 46.8 Å². The SMILES string of the molecule is CC(C)CCCC(N)=O.CC=O.CCC(C)CC(=O)NC(CCC(=O)O)C(=O)N1CCCC1C(=O)NC(C=O)CC(=O)O.CN. The number of amides is 4. The van der Waals surface area contributed by atoms with Gasteiger partial charge in [0.15, 0.2) is 0 Å². The van der Waals surface area contributed by atoms with Gasteiger partial charge in [0.2, 0.25) is 23.6 Å². The molecule has 0 aromatic rings. The lowest BCUT2D eigenvalue weighted by Gasteiger charge is -2.29. The molecule has 8 N–H and O–H groups in total. The summed E-state index contributed by atoms with van der Waals surface area (Å²) in [6, 6.07) is -3.25. The highest BCUT2D eigenvalue weighted by Crippen LogP contribution is 2.20. The van der Waals surface area contributed by atoms with Gasteiger partial charge in [-0.25, -0.2) is 0 Å². The third-order valence-electron chi connectivity index (χ3n) is 6.44. The van der Waals surface area contributed by atoms with Crippen molar-refractivity contribution >= 4 is 48.1 Å². The highest BCUT2D eigenvalue weighted by molar-refractivity contribution is 5.93. The first-order valence-corrected chi connectivity index (χ1v) is 15.2. The van der Waals surface area contributed by atoms with Gasteiger partial charge in [0, 0.05) is 25.8 Å². The predicted molar refractivity (Wildman–Crippen MR) is 168 cm³/mol. The molecule has 0 saturated carbocycles. The van der Waals surface area contributed by atoms with Gasteiger partial charge >= 0.3 is 11.9 Å². The molecule has 4 atom stereocenters. The minimum atomic E-state index is -1.26. The second kappa shape index (κ2) is 27.7. The number of hydrogen-bond acceptors (Lipinski definition) is 9. The molecule has 1 fully saturated rings. The van der Waals surface area contributed by atoms with Crippen molar-refractivity contribution in [1.82, 2.24) is 15.5 Å². The van der Waals surface area contributed by atoms with Crippen LogP contribution in [0.15, 0.2) is 0 Å². The van der Waals surface area contributed by atoms with Crippen LogP contribution < -0.4 is 22.1 Å². The summed E-state index contributed by atoms with van der Waals surface area (Å²) in [5.41, 5.74) is 9.44. The van der Waals surface area contributed by atoms with Crippen LogP contribution in [0.5, 0.6) is 0 Å². The number of primary amides is 1. The van der Waals surface area contributed by atoms with E-state index in [0.717, 1.165) is 25.5 Å². The zero-order valence-corrected chi connectivity index (χ0v) is 27.6. The van der Waals surface area contributed by atoms with E-state index in [1.807, 2.05) is 13.8 Å². The Morgan fingerprint density at radius 3 is 1.96 bits per heavy atom. The fraction of sp³-hybridized carbons (Fsp3) is 0.733. The molecule has 1 aliphatic heterocycles. The fourth-order valence-electron chi connectivity index (χ4n) is 4.03. The molecule has 1 heterocycles. The van der Waals surface area contributed by atoms with E-state index in [4.69, 9.17) is 20.7 Å². The maximum atomic E-state index is 13.1. The van der Waals surface area contributed by atoms with Crippen molar-refractivity contribution in [3.8, 4) is 0 Å². The van der Waals surface area contributed by atoms with Gasteiger partial charge in [-0.05, 0) is 51.5 Å². The molecule has 4 amide bonds. The largest absolute Gasteiger partial charge is 0.481 e. The molecule has 1 saturated heterocycles. The van der Waals surface area contributed by atoms with Crippen LogP contribution in [0.4, 0.5) is 0 Å². The van der Waals surface area contributed by atoms with Crippen LogP contribution in [-0.4, -0.2) is 95.0 Å². The van der Waals surface area contributed by atoms with Crippen molar-refractivity contribution < 1.29 is 48.6 Å². The number of nitrogens with zero attached hydrogens (tertiary/aromatic N) is 1. The second-order valence-corrected chi connectivity index (χ2v) is 10.8. The van der Waals surface area contributed by atoms with Crippen molar-refractivity contribution in [3.63, 3.8) is 0 Å². The Balaban J connectivity index is -0.00000105. The van der Waals surface area contributed by atoms with Crippen LogP contribution in [0.2, 0.25) is 0 Å². The van der Waals surface area contributed by atoms with E-state index in [1.54, 1.807) is 0 Å². The van der Waals surface area contributed by atoms with E-state index < -0.39 is 48.3 Å². The fourth-order valence-corrected chi connectivity index (χ4v) is 4.03. The lowest BCUT2D eigenvalue weighted by Crippen LogP contribution is -2.55. The molecule has 0 aromatic carbocycles. The van der Waals surface area contributed by atoms with Gasteiger partial charge in [-0.2, -0.15) is 0 Å². The quantitative estimate of drug-likeness (QED) is 0.122. The van der Waals surface area contributed by atoms with Crippen molar-refractivity contribution in [1.29, 1.82) is 0 Å². The Morgan fingerprint density at radius 2 is 1.51 bits per heavy atom. The average Bonchev–Trinajstić information content (AvgIpc) is 3.46. The van der Waals surface area contributed by atoms with Crippen LogP contribution in [0, 0.1) is 11.8 Å². The molecule has 1 rings (SSSR count). The molecular formula is C30H55N5O10. The molecule has 260 valence electrons. The van der Waals surface area contributed by atoms with Crippen molar-refractivity contribution in [3.05, 3.63) is 0 Å². The Hall–Kier alpha value is -3.88. The summed E-state index contributed by atoms with van der Waals surface area (Å²) in [5, 5.41) is 22.7. The zero-order chi connectivity index (χ0) is 35.5. The molecule has 0 aliphatic carbocycles. The Kier molecular flexibility index (Phi) is 28.0. The maximum absolute atomic E-state index is 13.1. The van der Waals surface area contributed by atoms with Crippen molar-refractivity contribution in [2.75, 3.05) is 13.6 Å². The highest BCUT2D eigenvalue weighted by Gasteiger charge is 2.38. The van der Waals surface area contributed by atoms with E-state index in [1.165, 1.54) is 18.9 Å². The van der Waals surface area contributed by atoms with E-state index >= 15 is 0 Å². The normalized spacial score (nSPS) is 15.2. The average molecular weight is 646 g/mol. The lowest BCUT2D eigenvalue weighted by atomic mass is 10.0. The van der Waals surface area contributed by atoms with Gasteiger partial charge in [0.1, 0.15) is 24.7 Å². The number of nitrogens with one attached hydrogen (secondary N) is 2. The number of carbonyl (C=O) groups is 8. The number of likely N-dealkylation sites (tertiary alicyclic amines) is 1. The molecule has 1 aliphatic rings. The molecule has 0 radical (unpaired) electrons. The number of carbonyl (C=O) groups excluding carboxylic acids is 6. The van der Waals surface area contributed by atoms with Gasteiger partial charge in [-0.15, -0.1) is 0 Å². The summed E-state index contributed by atoms with van der Waals surface area (Å²) in [6.07, 6.45) is 4.37. The van der Waals surface area contributed by atoms with Gasteiger partial charge in [-0.1, -0.05) is 40.5 Å². The molecule has 4 unspecified atom stereocenters. The highest BCUT2D eigenvalue weighted by atomic mass is 16.4. The zero-order valence-electron chi connectivity index (χ0n) is 27.6. The van der Waals surface area contributed by atoms with E-state index in [0.29, 0.717) is 31.5 Å². The lowest BCUT2D eigenvalue weighted by molar-refractivity contribution is -0.144. The van der Waals surface area contributed by atoms with E-state index in [9.17, 15) is 33.6 Å². The maximum Gasteiger partial charge on any atom is 0.305 e. The summed E-state index contributed by atoms with van der Waals surface area (Å²) in [5.74, 6) is -3.39. The second-order valence-electron chi connectivity index (χ2n) is 10.8. The molecule has 45 heavy (non-hydrogen) atoms. The monoisotopic (exact) mass is 645 g/mol. The first-order chi connectivity index (χ1) is 21.1. The summed E-state index contributed by atoms with van der Waals surface area (Å²) in [6.45, 7) is 9.76. The summed E-state index contributed by atoms with van der Waals surface area (Å²) >= 11 is 0. The number of carboxylic acid groups (broad SMARTS) is 2. The Labute approximate surface area is 266 Å². The smallest absolute Gasteiger partial charge is 0.305 e. The van der Waals surface area contributed by atoms with Crippen LogP contribution in [0.25, 0.3) is 0 Å². The topological polar surface area (TPSA) is 256 Å². The molecule has 0 spiro atoms. The van der Waals surface area contributed by atoms with Crippen LogP contribution in [0.3, 0.4) is 0 Å². The van der Waals surface area contributed by atoms with Gasteiger partial charge in [0.05, 0.1) is 12.5 Å². The molecule has 0 aromatic heterocycles. The number of carboxylic acids is 2. The number of aliphatic carboxylic acids is 2. The Bertz CT molecular complexity index is 929. The van der Waals surface area contributed by atoms with Crippen molar-refractivity contribution in [2.45, 2.75) is 117 Å². The molecule has 0 bridgehead atoms. The molecule has 15 nitrogen and oxygen atoms in total. The van der Waals surface area contributed by atoms with Crippen LogP contribution in [0.1, 0.15) is 98.8 Å². The van der Waals surface area contributed by atoms with Gasteiger partial charge in [-0.3, -0.25) is 28.8 Å².